The number of benzene rings is 1. The molecule has 0 aliphatic heterocycles. The Kier molecular flexibility index (Phi) is 3.33. The molecule has 2 aromatic heterocycles. The highest BCUT2D eigenvalue weighted by atomic mass is 79.9. The van der Waals surface area contributed by atoms with Crippen molar-refractivity contribution >= 4 is 92.9 Å². The summed E-state index contributed by atoms with van der Waals surface area (Å²) in [5.74, 6) is 11.6. The fourth-order valence-electron chi connectivity index (χ4n) is 4.19. The Hall–Kier alpha value is -1.90. The van der Waals surface area contributed by atoms with E-state index in [1.807, 2.05) is 6.07 Å². The summed E-state index contributed by atoms with van der Waals surface area (Å²) in [6.07, 6.45) is 0. The summed E-state index contributed by atoms with van der Waals surface area (Å²) < 4.78 is 4.13. The van der Waals surface area contributed by atoms with Crippen molar-refractivity contribution in [3.05, 3.63) is 37.8 Å². The number of nitrogens with zero attached hydrogens (tertiary/aromatic N) is 2. The lowest BCUT2D eigenvalue weighted by Crippen LogP contribution is -2.07. The Bertz CT molecular complexity index is 1380. The van der Waals surface area contributed by atoms with Crippen LogP contribution in [0.1, 0.15) is 11.1 Å². The lowest BCUT2D eigenvalue weighted by Gasteiger charge is -2.06. The molecule has 0 unspecified atom stereocenters. The van der Waals surface area contributed by atoms with E-state index in [9.17, 15) is 0 Å². The van der Waals surface area contributed by atoms with E-state index in [1.54, 1.807) is 22.7 Å². The molecule has 0 aliphatic carbocycles. The minimum atomic E-state index is 0.759. The molecular formula is C18H12BBrN4S2. The van der Waals surface area contributed by atoms with E-state index >= 15 is 0 Å². The highest BCUT2D eigenvalue weighted by molar-refractivity contribution is 9.11. The van der Waals surface area contributed by atoms with Crippen LogP contribution in [0.4, 0.5) is 0 Å². The fraction of sp³-hybridized carbons (Fsp3) is 0.111. The molecule has 0 fully saturated rings. The molecule has 26 heavy (non-hydrogen) atoms. The molecule has 0 bridgehead atoms. The maximum atomic E-state index is 6.06. The third-order valence-corrected chi connectivity index (χ3v) is 7.79. The first-order valence-corrected chi connectivity index (χ1v) is 10.3. The van der Waals surface area contributed by atoms with Crippen LogP contribution in [0.25, 0.3) is 41.7 Å². The first-order chi connectivity index (χ1) is 12.5. The second-order valence-electron chi connectivity index (χ2n) is 6.39. The smallest absolute Gasteiger partial charge is 0.128 e. The summed E-state index contributed by atoms with van der Waals surface area (Å²) in [4.78, 5) is 0. The molecule has 4 nitrogen and oxygen atoms in total. The predicted octanol–water partition coefficient (Wildman–Crippen LogP) is 3.02. The number of thiophene rings is 2. The van der Waals surface area contributed by atoms with Crippen LogP contribution in [-0.2, 0) is 0 Å². The van der Waals surface area contributed by atoms with E-state index in [0.29, 0.717) is 0 Å². The van der Waals surface area contributed by atoms with E-state index in [0.717, 1.165) is 62.0 Å². The van der Waals surface area contributed by atoms with Crippen LogP contribution in [-0.4, -0.2) is 7.85 Å². The summed E-state index contributed by atoms with van der Waals surface area (Å²) in [5.41, 5.74) is 2.30. The van der Waals surface area contributed by atoms with Gasteiger partial charge in [-0.1, -0.05) is 0 Å². The zero-order valence-corrected chi connectivity index (χ0v) is 17.2. The quantitative estimate of drug-likeness (QED) is 0.221. The fourth-order valence-corrected chi connectivity index (χ4v) is 6.94. The minimum absolute atomic E-state index is 0.759. The van der Waals surface area contributed by atoms with Crippen LogP contribution in [0.5, 0.6) is 0 Å². The number of fused-ring (bicyclic) bond motifs is 6. The van der Waals surface area contributed by atoms with Gasteiger partial charge in [-0.2, -0.15) is 21.5 Å². The molecule has 0 saturated heterocycles. The van der Waals surface area contributed by atoms with Gasteiger partial charge < -0.3 is 11.7 Å². The van der Waals surface area contributed by atoms with Gasteiger partial charge in [0.25, 0.3) is 0 Å². The molecule has 0 aliphatic rings. The van der Waals surface area contributed by atoms with E-state index in [2.05, 4.69) is 46.0 Å². The van der Waals surface area contributed by atoms with Crippen molar-refractivity contribution in [3.63, 3.8) is 0 Å². The first-order valence-electron chi connectivity index (χ1n) is 7.91. The van der Waals surface area contributed by atoms with Crippen LogP contribution >= 0.6 is 38.6 Å². The molecular weight excluding hydrogens is 427 g/mol. The van der Waals surface area contributed by atoms with Crippen LogP contribution < -0.4 is 27.2 Å². The van der Waals surface area contributed by atoms with Crippen molar-refractivity contribution in [2.75, 3.05) is 0 Å². The number of nitrogens with two attached hydrogens (primary N) is 2. The predicted molar refractivity (Wildman–Crippen MR) is 117 cm³/mol. The van der Waals surface area contributed by atoms with Gasteiger partial charge in [0.2, 0.25) is 0 Å². The number of hydrogen-bond acceptors (Lipinski definition) is 6. The second-order valence-corrected chi connectivity index (χ2v) is 9.91. The zero-order chi connectivity index (χ0) is 18.3. The molecule has 3 aromatic carbocycles. The van der Waals surface area contributed by atoms with Gasteiger partial charge >= 0.3 is 0 Å². The van der Waals surface area contributed by atoms with E-state index < -0.39 is 0 Å². The molecule has 0 spiro atoms. The van der Waals surface area contributed by atoms with Gasteiger partial charge in [0, 0.05) is 41.7 Å². The lowest BCUT2D eigenvalue weighted by molar-refractivity contribution is 1.17. The first kappa shape index (κ1) is 16.3. The molecule has 2 heterocycles. The molecule has 5 aromatic rings. The average molecular weight is 439 g/mol. The molecule has 0 amide bonds. The van der Waals surface area contributed by atoms with Gasteiger partial charge in [0.1, 0.15) is 7.85 Å². The lowest BCUT2D eigenvalue weighted by atomic mass is 9.98. The summed E-state index contributed by atoms with van der Waals surface area (Å²) in [6.45, 7) is 4.24. The SMILES string of the molecule is [B]c1cc2/c(=N\N)c3c(C)c4c(c(C)c3c2s1)/c(=N/N)c1cc(Br)sc14. The van der Waals surface area contributed by atoms with Gasteiger partial charge in [-0.15, -0.1) is 11.3 Å². The van der Waals surface area contributed by atoms with Crippen molar-refractivity contribution in [1.82, 2.24) is 0 Å². The zero-order valence-electron chi connectivity index (χ0n) is 14.0. The Morgan fingerprint density at radius 1 is 0.846 bits per heavy atom. The van der Waals surface area contributed by atoms with Gasteiger partial charge in [-0.05, 0) is 57.8 Å². The van der Waals surface area contributed by atoms with Crippen molar-refractivity contribution in [3.8, 4) is 0 Å². The summed E-state index contributed by atoms with van der Waals surface area (Å²) in [7, 11) is 6.06. The number of halogens is 1. The maximum absolute atomic E-state index is 6.06. The number of rotatable bonds is 0. The summed E-state index contributed by atoms with van der Waals surface area (Å²) in [6, 6.07) is 4.04. The average Bonchev–Trinajstić information content (AvgIpc) is 3.29. The van der Waals surface area contributed by atoms with E-state index in [4.69, 9.17) is 19.5 Å². The summed E-state index contributed by atoms with van der Waals surface area (Å²) in [5, 5.41) is 16.5. The molecule has 5 rings (SSSR count). The highest BCUT2D eigenvalue weighted by Gasteiger charge is 2.23. The standard InChI is InChI=1S/C18H12BBrN4S2/c1-5-12-14(18-8(16(12)24-22)4-10(20)26-18)6(2)11-13(5)17-7(15(11)23-21)3-9(19)25-17/h3-4H,21-22H2,1-2H3/b23-15+,24-16+. The Morgan fingerprint density at radius 3 is 1.88 bits per heavy atom. The Labute approximate surface area is 166 Å². The third kappa shape index (κ3) is 1.79. The molecule has 0 atom stereocenters. The minimum Gasteiger partial charge on any atom is -0.323 e. The Balaban J connectivity index is 2.24. The van der Waals surface area contributed by atoms with Crippen molar-refractivity contribution in [2.24, 2.45) is 21.9 Å². The van der Waals surface area contributed by atoms with Gasteiger partial charge in [-0.25, -0.2) is 0 Å². The molecule has 4 N–H and O–H groups in total. The molecule has 2 radical (unpaired) electrons. The molecule has 8 heteroatoms. The van der Waals surface area contributed by atoms with Crippen LogP contribution in [0, 0.1) is 13.8 Å². The normalized spacial score (nSPS) is 14.1. The largest absolute Gasteiger partial charge is 0.323 e. The summed E-state index contributed by atoms with van der Waals surface area (Å²) >= 11 is 6.85. The monoisotopic (exact) mass is 438 g/mol. The maximum Gasteiger partial charge on any atom is 0.128 e. The topological polar surface area (TPSA) is 76.8 Å². The van der Waals surface area contributed by atoms with Gasteiger partial charge in [0.15, 0.2) is 0 Å². The third-order valence-electron chi connectivity index (χ3n) is 5.15. The molecule has 126 valence electrons. The van der Waals surface area contributed by atoms with Crippen molar-refractivity contribution in [2.45, 2.75) is 13.8 Å². The van der Waals surface area contributed by atoms with E-state index in [1.165, 1.54) is 10.1 Å². The van der Waals surface area contributed by atoms with Crippen LogP contribution in [0.2, 0.25) is 0 Å². The van der Waals surface area contributed by atoms with Gasteiger partial charge in [0.05, 0.1) is 14.5 Å². The number of hydrogen-bond donors (Lipinski definition) is 2. The van der Waals surface area contributed by atoms with Gasteiger partial charge in [-0.3, -0.25) is 0 Å². The number of aryl methyl sites for hydroxylation is 2. The van der Waals surface area contributed by atoms with E-state index in [-0.39, 0.29) is 0 Å². The van der Waals surface area contributed by atoms with Crippen molar-refractivity contribution in [1.29, 1.82) is 0 Å². The van der Waals surface area contributed by atoms with Crippen molar-refractivity contribution < 1.29 is 0 Å². The Morgan fingerprint density at radius 2 is 1.35 bits per heavy atom. The van der Waals surface area contributed by atoms with Crippen LogP contribution in [0.15, 0.2) is 26.1 Å². The molecule has 0 saturated carbocycles. The second kappa shape index (κ2) is 5.31. The highest BCUT2D eigenvalue weighted by Crippen LogP contribution is 2.42. The van der Waals surface area contributed by atoms with Crippen LogP contribution in [0.3, 0.4) is 0 Å².